The van der Waals surface area contributed by atoms with Gasteiger partial charge < -0.3 is 4.74 Å². The second-order valence-corrected chi connectivity index (χ2v) is 4.28. The molecule has 4 heteroatoms. The highest BCUT2D eigenvalue weighted by molar-refractivity contribution is 6.31. The Bertz CT molecular complexity index is 635. The van der Waals surface area contributed by atoms with E-state index in [1.165, 1.54) is 13.2 Å². The van der Waals surface area contributed by atoms with Gasteiger partial charge >= 0.3 is 5.97 Å². The monoisotopic (exact) mass is 261 g/mol. The van der Waals surface area contributed by atoms with Crippen molar-refractivity contribution in [3.05, 3.63) is 46.6 Å². The number of hydrogen-bond acceptors (Lipinski definition) is 3. The smallest absolute Gasteiger partial charge is 0.330 e. The number of methoxy groups -OCH3 is 1. The molecular formula is C14H12ClNO2. The van der Waals surface area contributed by atoms with Crippen LogP contribution in [0.4, 0.5) is 0 Å². The molecule has 0 bridgehead atoms. The van der Waals surface area contributed by atoms with Crippen LogP contribution in [0.3, 0.4) is 0 Å². The Hall–Kier alpha value is -1.87. The first-order valence-electron chi connectivity index (χ1n) is 5.43. The van der Waals surface area contributed by atoms with E-state index in [0.29, 0.717) is 10.7 Å². The summed E-state index contributed by atoms with van der Waals surface area (Å²) in [5.41, 5.74) is 2.66. The third kappa shape index (κ3) is 2.68. The number of carbonyl (C=O) groups excluding carboxylic acids is 1. The van der Waals surface area contributed by atoms with Gasteiger partial charge in [-0.3, -0.25) is 0 Å². The van der Waals surface area contributed by atoms with Crippen LogP contribution in [0.2, 0.25) is 5.15 Å². The Morgan fingerprint density at radius 3 is 2.89 bits per heavy atom. The van der Waals surface area contributed by atoms with Gasteiger partial charge in [0.2, 0.25) is 0 Å². The summed E-state index contributed by atoms with van der Waals surface area (Å²) in [6.07, 6.45) is 2.92. The molecule has 0 radical (unpaired) electrons. The predicted molar refractivity (Wildman–Crippen MR) is 72.5 cm³/mol. The van der Waals surface area contributed by atoms with E-state index in [2.05, 4.69) is 9.72 Å². The highest BCUT2D eigenvalue weighted by Crippen LogP contribution is 2.22. The van der Waals surface area contributed by atoms with Crippen LogP contribution in [-0.4, -0.2) is 18.1 Å². The van der Waals surface area contributed by atoms with E-state index in [4.69, 9.17) is 11.6 Å². The van der Waals surface area contributed by atoms with Gasteiger partial charge in [0.15, 0.2) is 0 Å². The Morgan fingerprint density at radius 1 is 1.39 bits per heavy atom. The van der Waals surface area contributed by atoms with E-state index in [-0.39, 0.29) is 0 Å². The highest BCUT2D eigenvalue weighted by atomic mass is 35.5. The number of carbonyl (C=O) groups is 1. The summed E-state index contributed by atoms with van der Waals surface area (Å²) in [6, 6.07) is 7.84. The van der Waals surface area contributed by atoms with E-state index >= 15 is 0 Å². The van der Waals surface area contributed by atoms with Crippen LogP contribution in [0.25, 0.3) is 17.0 Å². The molecule has 0 aliphatic rings. The van der Waals surface area contributed by atoms with Crippen LogP contribution in [0.5, 0.6) is 0 Å². The van der Waals surface area contributed by atoms with E-state index < -0.39 is 5.97 Å². The standard InChI is InChI=1S/C14H12ClNO2/c1-9-3-4-10-8-11(5-6-13(17)18-2)14(15)16-12(10)7-9/h3-8H,1-2H3/b6-5+. The second-order valence-electron chi connectivity index (χ2n) is 3.92. The molecule has 0 saturated carbocycles. The van der Waals surface area contributed by atoms with E-state index in [9.17, 15) is 4.79 Å². The van der Waals surface area contributed by atoms with E-state index in [1.807, 2.05) is 31.2 Å². The van der Waals surface area contributed by atoms with Crippen molar-refractivity contribution in [3.63, 3.8) is 0 Å². The second kappa shape index (κ2) is 5.19. The third-order valence-corrected chi connectivity index (χ3v) is 2.86. The molecule has 92 valence electrons. The van der Waals surface area contributed by atoms with Gasteiger partial charge in [-0.25, -0.2) is 9.78 Å². The van der Waals surface area contributed by atoms with Crippen LogP contribution in [0.1, 0.15) is 11.1 Å². The summed E-state index contributed by atoms with van der Waals surface area (Å²) in [5, 5.41) is 1.35. The number of pyridine rings is 1. The number of ether oxygens (including phenoxy) is 1. The zero-order valence-electron chi connectivity index (χ0n) is 10.1. The highest BCUT2D eigenvalue weighted by Gasteiger charge is 2.03. The zero-order valence-corrected chi connectivity index (χ0v) is 10.9. The third-order valence-electron chi connectivity index (χ3n) is 2.55. The number of esters is 1. The number of nitrogens with zero attached hydrogens (tertiary/aromatic N) is 1. The first-order chi connectivity index (χ1) is 8.60. The molecule has 1 heterocycles. The predicted octanol–water partition coefficient (Wildman–Crippen LogP) is 3.38. The van der Waals surface area contributed by atoms with Crippen molar-refractivity contribution in [2.45, 2.75) is 6.92 Å². The van der Waals surface area contributed by atoms with Crippen molar-refractivity contribution in [3.8, 4) is 0 Å². The first kappa shape index (κ1) is 12.6. The minimum Gasteiger partial charge on any atom is -0.466 e. The minimum atomic E-state index is -0.421. The molecule has 1 aromatic heterocycles. The Kier molecular flexibility index (Phi) is 3.63. The minimum absolute atomic E-state index is 0.369. The van der Waals surface area contributed by atoms with Gasteiger partial charge in [0.05, 0.1) is 12.6 Å². The number of rotatable bonds is 2. The quantitative estimate of drug-likeness (QED) is 0.473. The van der Waals surface area contributed by atoms with Crippen LogP contribution in [0.15, 0.2) is 30.3 Å². The number of benzene rings is 1. The molecule has 0 unspecified atom stereocenters. The lowest BCUT2D eigenvalue weighted by atomic mass is 10.1. The van der Waals surface area contributed by atoms with Gasteiger partial charge in [0, 0.05) is 17.0 Å². The summed E-state index contributed by atoms with van der Waals surface area (Å²) < 4.78 is 4.53. The number of aryl methyl sites for hydroxylation is 1. The van der Waals surface area contributed by atoms with Gasteiger partial charge in [0.25, 0.3) is 0 Å². The van der Waals surface area contributed by atoms with Crippen molar-refractivity contribution in [1.82, 2.24) is 4.98 Å². The zero-order chi connectivity index (χ0) is 13.1. The largest absolute Gasteiger partial charge is 0.466 e. The lowest BCUT2D eigenvalue weighted by Crippen LogP contribution is -1.93. The Balaban J connectivity index is 2.46. The normalized spacial score (nSPS) is 11.1. The van der Waals surface area contributed by atoms with Crippen molar-refractivity contribution in [2.75, 3.05) is 7.11 Å². The maximum Gasteiger partial charge on any atom is 0.330 e. The molecule has 0 amide bonds. The number of hydrogen-bond donors (Lipinski definition) is 0. The fraction of sp³-hybridized carbons (Fsp3) is 0.143. The maximum atomic E-state index is 11.0. The molecule has 2 aromatic rings. The van der Waals surface area contributed by atoms with Gasteiger partial charge in [-0.2, -0.15) is 0 Å². The molecule has 0 aliphatic carbocycles. The van der Waals surface area contributed by atoms with Crippen molar-refractivity contribution >= 4 is 34.5 Å². The molecule has 0 fully saturated rings. The number of halogens is 1. The average Bonchev–Trinajstić information content (AvgIpc) is 2.35. The summed E-state index contributed by atoms with van der Waals surface area (Å²) in [7, 11) is 1.33. The fourth-order valence-corrected chi connectivity index (χ4v) is 1.82. The van der Waals surface area contributed by atoms with Gasteiger partial charge in [-0.15, -0.1) is 0 Å². The molecular weight excluding hydrogens is 250 g/mol. The van der Waals surface area contributed by atoms with E-state index in [0.717, 1.165) is 16.5 Å². The Labute approximate surface area is 110 Å². The SMILES string of the molecule is COC(=O)/C=C/c1cc2ccc(C)cc2nc1Cl. The first-order valence-corrected chi connectivity index (χ1v) is 5.81. The molecule has 0 aliphatic heterocycles. The lowest BCUT2D eigenvalue weighted by molar-refractivity contribution is -0.134. The molecule has 0 spiro atoms. The van der Waals surface area contributed by atoms with Crippen LogP contribution < -0.4 is 0 Å². The summed E-state index contributed by atoms with van der Waals surface area (Å²) in [6.45, 7) is 2.00. The van der Waals surface area contributed by atoms with Crippen LogP contribution in [0, 0.1) is 6.92 Å². The maximum absolute atomic E-state index is 11.0. The lowest BCUT2D eigenvalue weighted by Gasteiger charge is -2.03. The molecule has 18 heavy (non-hydrogen) atoms. The topological polar surface area (TPSA) is 39.2 Å². The number of fused-ring (bicyclic) bond motifs is 1. The molecule has 2 rings (SSSR count). The molecule has 0 N–H and O–H groups in total. The summed E-state index contributed by atoms with van der Waals surface area (Å²) in [5.74, 6) is -0.421. The van der Waals surface area contributed by atoms with Crippen LogP contribution in [-0.2, 0) is 9.53 Å². The molecule has 1 aromatic carbocycles. The molecule has 3 nitrogen and oxygen atoms in total. The van der Waals surface area contributed by atoms with Crippen molar-refractivity contribution < 1.29 is 9.53 Å². The summed E-state index contributed by atoms with van der Waals surface area (Å²) in [4.78, 5) is 15.3. The van der Waals surface area contributed by atoms with Gasteiger partial charge in [-0.05, 0) is 30.7 Å². The van der Waals surface area contributed by atoms with Gasteiger partial charge in [0.1, 0.15) is 5.15 Å². The average molecular weight is 262 g/mol. The number of aromatic nitrogens is 1. The van der Waals surface area contributed by atoms with Crippen molar-refractivity contribution in [1.29, 1.82) is 0 Å². The fourth-order valence-electron chi connectivity index (χ4n) is 1.61. The van der Waals surface area contributed by atoms with E-state index in [1.54, 1.807) is 6.08 Å². The molecule has 0 saturated heterocycles. The van der Waals surface area contributed by atoms with Crippen molar-refractivity contribution in [2.24, 2.45) is 0 Å². The summed E-state index contributed by atoms with van der Waals surface area (Å²) >= 11 is 6.07. The van der Waals surface area contributed by atoms with Crippen LogP contribution >= 0.6 is 11.6 Å². The van der Waals surface area contributed by atoms with Gasteiger partial charge in [-0.1, -0.05) is 23.7 Å². The Morgan fingerprint density at radius 2 is 2.17 bits per heavy atom. The molecule has 0 atom stereocenters.